The highest BCUT2D eigenvalue weighted by Crippen LogP contribution is 2.62. The average molecular weight is 1780 g/mol. The smallest absolute Gasteiger partial charge is 0.390 e. The zero-order valence-electron chi connectivity index (χ0n) is 63.0. The molecule has 116 heavy (non-hydrogen) atoms. The van der Waals surface area contributed by atoms with Crippen LogP contribution < -0.4 is 0 Å². The second-order valence-corrected chi connectivity index (χ2v) is 23.3. The molecule has 0 spiro atoms. The maximum atomic E-state index is 13.9. The minimum absolute atomic E-state index is 0.0170. The molecule has 0 bridgehead atoms. The predicted octanol–water partition coefficient (Wildman–Crippen LogP) is 8.36. The molecule has 0 aliphatic carbocycles. The van der Waals surface area contributed by atoms with Crippen LogP contribution in [0.3, 0.4) is 0 Å². The molecule has 698 valence electrons. The molecule has 2 atom stereocenters. The Morgan fingerprint density at radius 3 is 0.336 bits per heavy atom. The Kier molecular flexibility index (Phi) is 60.7. The number of rotatable bonds is 85. The fraction of sp³-hybridized carbons (Fsp3) is 1.00. The average Bonchev–Trinajstić information content (AvgIpc) is 0.718. The van der Waals surface area contributed by atoms with Crippen molar-refractivity contribution in [2.75, 3.05) is 317 Å². The molecule has 26 nitrogen and oxygen atoms in total. The van der Waals surface area contributed by atoms with E-state index in [0.717, 1.165) is 0 Å². The minimum atomic E-state index is -8.02. The molecule has 0 fully saturated rings. The molecular formula is C64H104F26O26. The van der Waals surface area contributed by atoms with Gasteiger partial charge in [-0.2, -0.15) is 114 Å². The van der Waals surface area contributed by atoms with Crippen LogP contribution in [-0.2, 0) is 114 Å². The highest BCUT2D eigenvalue weighted by atomic mass is 19.4. The molecule has 0 amide bonds. The van der Waals surface area contributed by atoms with Gasteiger partial charge in [0, 0.05) is 12.8 Å². The van der Waals surface area contributed by atoms with E-state index in [2.05, 4.69) is 9.47 Å². The standard InChI is InChI=1S/C64H104F26O26/c65-53(66,55(69,70)57(73,74)59(77,78)61(81,82)63(85,86)87)47-51(91)49-115-45-43-113-41-39-111-37-35-109-33-31-107-29-27-105-25-23-103-21-19-101-17-15-99-13-11-97-9-7-95-5-3-93-1-2-94-4-6-96-8-10-98-12-14-100-16-18-102-20-22-104-24-26-106-28-30-108-32-34-110-36-38-112-40-42-114-44-46-116-50-52(92)48-54(67,68)56(71,72)58(75,76)60(79,80)62(83,84)64(88,89)90/h51-52,91-92H,1-50H2. The van der Waals surface area contributed by atoms with Gasteiger partial charge in [-0.3, -0.25) is 0 Å². The van der Waals surface area contributed by atoms with E-state index in [9.17, 15) is 124 Å². The van der Waals surface area contributed by atoms with Gasteiger partial charge in [0.2, 0.25) is 0 Å². The highest BCUT2D eigenvalue weighted by Gasteiger charge is 2.92. The molecule has 0 saturated carbocycles. The van der Waals surface area contributed by atoms with Crippen LogP contribution in [0.2, 0.25) is 0 Å². The zero-order valence-corrected chi connectivity index (χ0v) is 63.0. The second kappa shape index (κ2) is 62.3. The van der Waals surface area contributed by atoms with Gasteiger partial charge < -0.3 is 124 Å². The van der Waals surface area contributed by atoms with E-state index in [-0.39, 0.29) is 92.5 Å². The Hall–Kier alpha value is -2.86. The van der Waals surface area contributed by atoms with Gasteiger partial charge in [0.05, 0.1) is 329 Å². The van der Waals surface area contributed by atoms with Crippen molar-refractivity contribution in [3.63, 3.8) is 0 Å². The quantitative estimate of drug-likeness (QED) is 0.0428. The largest absolute Gasteiger partial charge is 0.460 e. The highest BCUT2D eigenvalue weighted by molar-refractivity contribution is 5.12. The number of hydrogen-bond donors (Lipinski definition) is 2. The molecule has 0 radical (unpaired) electrons. The Labute approximate surface area is 650 Å². The predicted molar refractivity (Wildman–Crippen MR) is 342 cm³/mol. The maximum absolute atomic E-state index is 13.9. The van der Waals surface area contributed by atoms with Crippen LogP contribution in [0.5, 0.6) is 0 Å². The Balaban J connectivity index is 3.39. The van der Waals surface area contributed by atoms with E-state index in [1.165, 1.54) is 0 Å². The number of ether oxygens (including phenoxy) is 24. The molecular weight excluding hydrogens is 1680 g/mol. The topological polar surface area (TPSA) is 262 Å². The normalized spacial score (nSPS) is 14.3. The van der Waals surface area contributed by atoms with Gasteiger partial charge in [-0.05, 0) is 0 Å². The number of alkyl halides is 26. The first kappa shape index (κ1) is 113. The second-order valence-electron chi connectivity index (χ2n) is 23.3. The summed E-state index contributed by atoms with van der Waals surface area (Å²) in [6, 6.07) is 0. The third kappa shape index (κ3) is 45.5. The van der Waals surface area contributed by atoms with Crippen molar-refractivity contribution in [2.24, 2.45) is 0 Å². The van der Waals surface area contributed by atoms with E-state index in [1.54, 1.807) is 0 Å². The molecule has 52 heteroatoms. The molecule has 0 aliphatic heterocycles. The first-order valence-corrected chi connectivity index (χ1v) is 35.6. The van der Waals surface area contributed by atoms with Crippen LogP contribution in [0.4, 0.5) is 114 Å². The van der Waals surface area contributed by atoms with Crippen molar-refractivity contribution < 1.29 is 238 Å². The Morgan fingerprint density at radius 2 is 0.233 bits per heavy atom. The van der Waals surface area contributed by atoms with Crippen LogP contribution >= 0.6 is 0 Å². The zero-order chi connectivity index (χ0) is 87.5. The molecule has 0 aromatic heterocycles. The summed E-state index contributed by atoms with van der Waals surface area (Å²) in [7, 11) is 0. The Bertz CT molecular complexity index is 2160. The minimum Gasteiger partial charge on any atom is -0.390 e. The lowest BCUT2D eigenvalue weighted by atomic mass is 9.91. The summed E-state index contributed by atoms with van der Waals surface area (Å²) in [5.74, 6) is -75.4. The molecule has 2 unspecified atom stereocenters. The molecule has 0 rings (SSSR count). The summed E-state index contributed by atoms with van der Waals surface area (Å²) in [4.78, 5) is 0. The lowest BCUT2D eigenvalue weighted by Gasteiger charge is -2.40. The monoisotopic (exact) mass is 1780 g/mol. The van der Waals surface area contributed by atoms with E-state index in [0.29, 0.717) is 198 Å². The van der Waals surface area contributed by atoms with Gasteiger partial charge in [0.1, 0.15) is 0 Å². The van der Waals surface area contributed by atoms with Gasteiger partial charge in [-0.1, -0.05) is 0 Å². The van der Waals surface area contributed by atoms with Crippen LogP contribution in [-0.4, -0.2) is 411 Å². The van der Waals surface area contributed by atoms with Gasteiger partial charge in [0.15, 0.2) is 0 Å². The molecule has 0 aliphatic rings. The first-order valence-electron chi connectivity index (χ1n) is 35.6. The van der Waals surface area contributed by atoms with Gasteiger partial charge >= 0.3 is 71.6 Å². The molecule has 0 heterocycles. The van der Waals surface area contributed by atoms with Crippen molar-refractivity contribution in [1.29, 1.82) is 0 Å². The summed E-state index contributed by atoms with van der Waals surface area (Å²) in [5.41, 5.74) is 0. The van der Waals surface area contributed by atoms with Crippen LogP contribution in [0.25, 0.3) is 0 Å². The molecule has 2 N–H and O–H groups in total. The summed E-state index contributed by atoms with van der Waals surface area (Å²) in [6.07, 6.45) is -26.2. The summed E-state index contributed by atoms with van der Waals surface area (Å²) in [6.45, 7) is 8.11. The maximum Gasteiger partial charge on any atom is 0.460 e. The third-order valence-corrected chi connectivity index (χ3v) is 14.2. The first-order chi connectivity index (χ1) is 54.5. The Morgan fingerprint density at radius 1 is 0.138 bits per heavy atom. The lowest BCUT2D eigenvalue weighted by Crippen LogP contribution is -2.70. The fourth-order valence-corrected chi connectivity index (χ4v) is 7.96. The third-order valence-electron chi connectivity index (χ3n) is 14.2. The fourth-order valence-electron chi connectivity index (χ4n) is 7.96. The van der Waals surface area contributed by atoms with Crippen molar-refractivity contribution in [3.8, 4) is 0 Å². The number of halogens is 26. The van der Waals surface area contributed by atoms with Gasteiger partial charge in [-0.25, -0.2) is 0 Å². The molecule has 0 aromatic rings. The lowest BCUT2D eigenvalue weighted by molar-refractivity contribution is -0.440. The van der Waals surface area contributed by atoms with Crippen molar-refractivity contribution in [1.82, 2.24) is 0 Å². The SMILES string of the molecule is OC(COCCOCCOCCOCCOCCOCCOCCOCCOCCOCCOCCOCCOCCOCCOCCOCCOCCOCCOCCOCCOCCOCCOCCOCC(O)CC(F)(F)C(F)(F)C(F)(F)C(F)(F)C(F)(F)C(F)(F)F)CC(F)(F)C(F)(F)C(F)(F)C(F)(F)C(F)(F)C(F)(F)F. The summed E-state index contributed by atoms with van der Waals surface area (Å²) in [5, 5.41) is 19.0. The van der Waals surface area contributed by atoms with Crippen molar-refractivity contribution in [3.05, 3.63) is 0 Å². The molecule has 0 aromatic carbocycles. The summed E-state index contributed by atoms with van der Waals surface area (Å²) >= 11 is 0. The van der Waals surface area contributed by atoms with Crippen LogP contribution in [0.15, 0.2) is 0 Å². The van der Waals surface area contributed by atoms with Crippen molar-refractivity contribution >= 4 is 0 Å². The summed E-state index contributed by atoms with van der Waals surface area (Å²) < 4.78 is 471. The van der Waals surface area contributed by atoms with Crippen LogP contribution in [0, 0.1) is 0 Å². The van der Waals surface area contributed by atoms with Gasteiger partial charge in [0.25, 0.3) is 0 Å². The van der Waals surface area contributed by atoms with E-state index < -0.39 is 123 Å². The van der Waals surface area contributed by atoms with Crippen molar-refractivity contribution in [2.45, 2.75) is 96.6 Å². The van der Waals surface area contributed by atoms with Gasteiger partial charge in [-0.15, -0.1) is 0 Å². The van der Waals surface area contributed by atoms with E-state index >= 15 is 0 Å². The van der Waals surface area contributed by atoms with E-state index in [4.69, 9.17) is 104 Å². The van der Waals surface area contributed by atoms with Crippen LogP contribution in [0.1, 0.15) is 12.8 Å². The van der Waals surface area contributed by atoms with E-state index in [1.807, 2.05) is 0 Å². The molecule has 0 saturated heterocycles. The number of hydrogen-bond acceptors (Lipinski definition) is 26. The number of aliphatic hydroxyl groups excluding tert-OH is 2. The number of aliphatic hydroxyl groups is 2.